The maximum absolute atomic E-state index is 13.4. The normalized spacial score (nSPS) is 20.8. The van der Waals surface area contributed by atoms with Crippen molar-refractivity contribution in [3.05, 3.63) is 71.4 Å². The van der Waals surface area contributed by atoms with Crippen LogP contribution in [0.15, 0.2) is 64.9 Å². The van der Waals surface area contributed by atoms with Gasteiger partial charge in [0.05, 0.1) is 29.9 Å². The molecule has 1 saturated heterocycles. The molecule has 0 unspecified atom stereocenters. The van der Waals surface area contributed by atoms with Crippen LogP contribution in [0, 0.1) is 5.82 Å². The highest BCUT2D eigenvalue weighted by molar-refractivity contribution is 7.94. The van der Waals surface area contributed by atoms with Gasteiger partial charge < -0.3 is 9.64 Å². The van der Waals surface area contributed by atoms with Crippen LogP contribution in [0.2, 0.25) is 0 Å². The van der Waals surface area contributed by atoms with E-state index in [-0.39, 0.29) is 29.3 Å². The molecule has 0 aliphatic carbocycles. The zero-order chi connectivity index (χ0) is 22.9. The molecule has 2 aliphatic rings. The van der Waals surface area contributed by atoms with E-state index in [1.807, 2.05) is 0 Å². The fourth-order valence-electron chi connectivity index (χ4n) is 3.63. The van der Waals surface area contributed by atoms with Gasteiger partial charge in [0.1, 0.15) is 5.82 Å². The molecular formula is C21H21FN2O6S2. The summed E-state index contributed by atoms with van der Waals surface area (Å²) in [6.07, 6.45) is 1.41. The van der Waals surface area contributed by atoms with E-state index < -0.39 is 37.6 Å². The zero-order valence-electron chi connectivity index (χ0n) is 16.9. The van der Waals surface area contributed by atoms with Gasteiger partial charge in [-0.25, -0.2) is 21.2 Å². The van der Waals surface area contributed by atoms with Crippen LogP contribution in [0.3, 0.4) is 0 Å². The van der Waals surface area contributed by atoms with E-state index in [2.05, 4.69) is 0 Å². The molecule has 0 radical (unpaired) electrons. The average Bonchev–Trinajstić information content (AvgIpc) is 3.15. The molecular weight excluding hydrogens is 459 g/mol. The topological polar surface area (TPSA) is 101 Å². The fourth-order valence-corrected chi connectivity index (χ4v) is 6.30. The molecule has 32 heavy (non-hydrogen) atoms. The van der Waals surface area contributed by atoms with Crippen LogP contribution in [0.5, 0.6) is 0 Å². The van der Waals surface area contributed by atoms with Crippen LogP contribution in [0.4, 0.5) is 10.1 Å². The minimum Gasteiger partial charge on any atom is -0.379 e. The van der Waals surface area contributed by atoms with Gasteiger partial charge in [0.25, 0.3) is 5.91 Å². The van der Waals surface area contributed by atoms with Gasteiger partial charge in [0, 0.05) is 29.7 Å². The summed E-state index contributed by atoms with van der Waals surface area (Å²) >= 11 is 0. The van der Waals surface area contributed by atoms with E-state index in [0.717, 1.165) is 5.41 Å². The molecule has 0 bridgehead atoms. The standard InChI is InChI=1S/C21H21FN2O6S2/c22-17-3-5-18(6-4-17)24(19-9-14-31(26,27)15-19)21(25)16-1-7-20(8-2-16)32(28,29)23-10-12-30-13-11-23/h1-9,14,19H,10-13,15H2/t19-/m0/s1. The first kappa shape index (κ1) is 22.6. The van der Waals surface area contributed by atoms with Gasteiger partial charge in [-0.1, -0.05) is 0 Å². The molecule has 1 fully saturated rings. The molecule has 2 aromatic rings. The number of hydrogen-bond acceptors (Lipinski definition) is 6. The second-order valence-electron chi connectivity index (χ2n) is 7.42. The van der Waals surface area contributed by atoms with Crippen LogP contribution >= 0.6 is 0 Å². The Labute approximate surface area is 185 Å². The van der Waals surface area contributed by atoms with Gasteiger partial charge in [-0.3, -0.25) is 4.79 Å². The number of benzene rings is 2. The Balaban J connectivity index is 1.64. The third-order valence-corrected chi connectivity index (χ3v) is 8.57. The van der Waals surface area contributed by atoms with Crippen molar-refractivity contribution in [3.63, 3.8) is 0 Å². The fraction of sp³-hybridized carbons (Fsp3) is 0.286. The van der Waals surface area contributed by atoms with Crippen LogP contribution in [0.25, 0.3) is 0 Å². The average molecular weight is 481 g/mol. The van der Waals surface area contributed by atoms with E-state index in [9.17, 15) is 26.0 Å². The molecule has 2 aromatic carbocycles. The predicted molar refractivity (Wildman–Crippen MR) is 116 cm³/mol. The summed E-state index contributed by atoms with van der Waals surface area (Å²) in [6.45, 7) is 1.15. The molecule has 1 amide bonds. The number of hydrogen-bond donors (Lipinski definition) is 0. The van der Waals surface area contributed by atoms with Crippen molar-refractivity contribution in [3.8, 4) is 0 Å². The molecule has 0 spiro atoms. The maximum Gasteiger partial charge on any atom is 0.258 e. The minimum absolute atomic E-state index is 0.0487. The summed E-state index contributed by atoms with van der Waals surface area (Å²) < 4.78 is 69.4. The molecule has 2 aliphatic heterocycles. The van der Waals surface area contributed by atoms with Gasteiger partial charge in [0.15, 0.2) is 9.84 Å². The highest BCUT2D eigenvalue weighted by Gasteiger charge is 2.32. The van der Waals surface area contributed by atoms with Gasteiger partial charge in [-0.2, -0.15) is 4.31 Å². The molecule has 0 N–H and O–H groups in total. The largest absolute Gasteiger partial charge is 0.379 e. The first-order chi connectivity index (χ1) is 15.2. The Bertz CT molecular complexity index is 1240. The number of ether oxygens (including phenoxy) is 1. The van der Waals surface area contributed by atoms with E-state index >= 15 is 0 Å². The first-order valence-corrected chi connectivity index (χ1v) is 13.0. The monoisotopic (exact) mass is 480 g/mol. The summed E-state index contributed by atoms with van der Waals surface area (Å²) in [5.41, 5.74) is 0.501. The van der Waals surface area contributed by atoms with Crippen LogP contribution < -0.4 is 4.90 Å². The summed E-state index contributed by atoms with van der Waals surface area (Å²) in [5.74, 6) is -1.31. The summed E-state index contributed by atoms with van der Waals surface area (Å²) in [5, 5.41) is 1.06. The Morgan fingerprint density at radius 2 is 1.66 bits per heavy atom. The third kappa shape index (κ3) is 4.60. The third-order valence-electron chi connectivity index (χ3n) is 5.28. The Morgan fingerprint density at radius 3 is 2.22 bits per heavy atom. The van der Waals surface area contributed by atoms with E-state index in [1.54, 1.807) is 0 Å². The number of nitrogens with zero attached hydrogens (tertiary/aromatic N) is 2. The summed E-state index contributed by atoms with van der Waals surface area (Å²) in [4.78, 5) is 14.6. The van der Waals surface area contributed by atoms with E-state index in [4.69, 9.17) is 4.74 Å². The number of sulfone groups is 1. The molecule has 4 rings (SSSR count). The number of morpholine rings is 1. The molecule has 8 nitrogen and oxygen atoms in total. The van der Waals surface area contributed by atoms with Crippen molar-refractivity contribution in [1.82, 2.24) is 4.31 Å². The highest BCUT2D eigenvalue weighted by atomic mass is 32.2. The Kier molecular flexibility index (Phi) is 6.17. The number of rotatable bonds is 5. The number of anilines is 1. The lowest BCUT2D eigenvalue weighted by atomic mass is 10.1. The van der Waals surface area contributed by atoms with Gasteiger partial charge in [-0.05, 0) is 54.6 Å². The molecule has 2 heterocycles. The quantitative estimate of drug-likeness (QED) is 0.647. The second kappa shape index (κ2) is 8.74. The van der Waals surface area contributed by atoms with Gasteiger partial charge >= 0.3 is 0 Å². The molecule has 11 heteroatoms. The van der Waals surface area contributed by atoms with E-state index in [0.29, 0.717) is 18.9 Å². The second-order valence-corrected chi connectivity index (χ2v) is 11.3. The van der Waals surface area contributed by atoms with Crippen LogP contribution in [0.1, 0.15) is 10.4 Å². The lowest BCUT2D eigenvalue weighted by Gasteiger charge is -2.28. The van der Waals surface area contributed by atoms with Crippen molar-refractivity contribution >= 4 is 31.5 Å². The maximum atomic E-state index is 13.4. The van der Waals surface area contributed by atoms with Crippen molar-refractivity contribution in [2.24, 2.45) is 0 Å². The first-order valence-electron chi connectivity index (χ1n) is 9.85. The van der Waals surface area contributed by atoms with Gasteiger partial charge in [-0.15, -0.1) is 0 Å². The molecule has 1 atom stereocenters. The highest BCUT2D eigenvalue weighted by Crippen LogP contribution is 2.26. The number of carbonyl (C=O) groups is 1. The van der Waals surface area contributed by atoms with Crippen molar-refractivity contribution < 1.29 is 30.8 Å². The van der Waals surface area contributed by atoms with Crippen molar-refractivity contribution in [1.29, 1.82) is 0 Å². The number of halogens is 1. The lowest BCUT2D eigenvalue weighted by Crippen LogP contribution is -2.41. The van der Waals surface area contributed by atoms with Crippen LogP contribution in [-0.4, -0.2) is 65.1 Å². The summed E-state index contributed by atoms with van der Waals surface area (Å²) in [7, 11) is -7.17. The minimum atomic E-state index is -3.72. The SMILES string of the molecule is O=C(c1ccc(S(=O)(=O)N2CCOCC2)cc1)N(c1ccc(F)cc1)[C@H]1C=CS(=O)(=O)C1. The Morgan fingerprint density at radius 1 is 1.03 bits per heavy atom. The molecule has 170 valence electrons. The van der Waals surface area contributed by atoms with E-state index in [1.165, 1.54) is 63.8 Å². The van der Waals surface area contributed by atoms with Gasteiger partial charge in [0.2, 0.25) is 10.0 Å². The summed E-state index contributed by atoms with van der Waals surface area (Å²) in [6, 6.07) is 9.85. The van der Waals surface area contributed by atoms with Crippen molar-refractivity contribution in [2.75, 3.05) is 37.0 Å². The lowest BCUT2D eigenvalue weighted by molar-refractivity contribution is 0.0730. The number of amides is 1. The zero-order valence-corrected chi connectivity index (χ0v) is 18.6. The smallest absolute Gasteiger partial charge is 0.258 e. The number of sulfonamides is 1. The Hall–Kier alpha value is -2.60. The van der Waals surface area contributed by atoms with Crippen molar-refractivity contribution in [2.45, 2.75) is 10.9 Å². The molecule has 0 saturated carbocycles. The number of carbonyl (C=O) groups excluding carboxylic acids is 1. The molecule has 0 aromatic heterocycles. The van der Waals surface area contributed by atoms with Crippen LogP contribution in [-0.2, 0) is 24.6 Å². The predicted octanol–water partition coefficient (Wildman–Crippen LogP) is 1.80.